The third-order valence-electron chi connectivity index (χ3n) is 4.13. The van der Waals surface area contributed by atoms with Gasteiger partial charge in [0, 0.05) is 26.2 Å². The van der Waals surface area contributed by atoms with Crippen LogP contribution in [-0.2, 0) is 16.2 Å². The lowest BCUT2D eigenvalue weighted by Crippen LogP contribution is -2.50. The largest absolute Gasteiger partial charge is 0.459 e. The van der Waals surface area contributed by atoms with Crippen molar-refractivity contribution in [2.24, 2.45) is 0 Å². The van der Waals surface area contributed by atoms with Crippen LogP contribution in [0.25, 0.3) is 0 Å². The highest BCUT2D eigenvalue weighted by atomic mass is 35.5. The summed E-state index contributed by atoms with van der Waals surface area (Å²) in [6.07, 6.45) is -3.34. The normalized spacial score (nSPS) is 16.5. The molecule has 2 aromatic rings. The lowest BCUT2D eigenvalue weighted by Gasteiger charge is -2.33. The second-order valence-corrected chi connectivity index (χ2v) is 8.13. The molecule has 2 heterocycles. The third-order valence-corrected chi connectivity index (χ3v) is 6.51. The zero-order valence-corrected chi connectivity index (χ0v) is 15.3. The van der Waals surface area contributed by atoms with E-state index in [-0.39, 0.29) is 42.9 Å². The van der Waals surface area contributed by atoms with Crippen LogP contribution in [0.4, 0.5) is 13.2 Å². The summed E-state index contributed by atoms with van der Waals surface area (Å²) in [6, 6.07) is 5.21. The van der Waals surface area contributed by atoms with Crippen LogP contribution in [0, 0.1) is 0 Å². The van der Waals surface area contributed by atoms with Crippen molar-refractivity contribution in [2.45, 2.75) is 11.1 Å². The Hall–Kier alpha value is -2.04. The number of rotatable bonds is 3. The zero-order valence-electron chi connectivity index (χ0n) is 13.7. The molecule has 1 saturated heterocycles. The molecule has 146 valence electrons. The SMILES string of the molecule is O=C(c1ccco1)N1CCN(S(=O)(=O)c2cc(C(F)(F)F)ccc2Cl)CC1. The van der Waals surface area contributed by atoms with Crippen molar-refractivity contribution in [1.82, 2.24) is 9.21 Å². The van der Waals surface area contributed by atoms with E-state index in [1.165, 1.54) is 17.2 Å². The number of hydrogen-bond acceptors (Lipinski definition) is 4. The average Bonchev–Trinajstić information content (AvgIpc) is 3.15. The van der Waals surface area contributed by atoms with Gasteiger partial charge in [-0.1, -0.05) is 11.6 Å². The molecular formula is C16H14ClF3N2O4S. The molecule has 27 heavy (non-hydrogen) atoms. The summed E-state index contributed by atoms with van der Waals surface area (Å²) in [7, 11) is -4.24. The van der Waals surface area contributed by atoms with Crippen LogP contribution in [0.2, 0.25) is 5.02 Å². The first-order chi connectivity index (χ1) is 12.6. The van der Waals surface area contributed by atoms with Crippen molar-refractivity contribution in [1.29, 1.82) is 0 Å². The Kier molecular flexibility index (Phi) is 5.24. The van der Waals surface area contributed by atoms with E-state index >= 15 is 0 Å². The molecule has 0 radical (unpaired) electrons. The summed E-state index contributed by atoms with van der Waals surface area (Å²) in [4.78, 5) is 13.0. The lowest BCUT2D eigenvalue weighted by molar-refractivity contribution is -0.137. The predicted octanol–water partition coefficient (Wildman–Crippen LogP) is 3.10. The third kappa shape index (κ3) is 3.97. The maximum Gasteiger partial charge on any atom is 0.416 e. The standard InChI is InChI=1S/C16H14ClF3N2O4S/c17-12-4-3-11(16(18,19)20)10-14(12)27(24,25)22-7-5-21(6-8-22)15(23)13-2-1-9-26-13/h1-4,9-10H,5-8H2. The Morgan fingerprint density at radius 2 is 1.78 bits per heavy atom. The van der Waals surface area contributed by atoms with Crippen LogP contribution in [0.3, 0.4) is 0 Å². The van der Waals surface area contributed by atoms with Crippen LogP contribution >= 0.6 is 11.6 Å². The Balaban J connectivity index is 1.79. The summed E-state index contributed by atoms with van der Waals surface area (Å²) < 4.78 is 70.2. The van der Waals surface area contributed by atoms with Gasteiger partial charge in [0.25, 0.3) is 5.91 Å². The topological polar surface area (TPSA) is 70.8 Å². The molecule has 11 heteroatoms. The number of carbonyl (C=O) groups is 1. The number of hydrogen-bond donors (Lipinski definition) is 0. The summed E-state index contributed by atoms with van der Waals surface area (Å²) in [5, 5.41) is -0.294. The van der Waals surface area contributed by atoms with Crippen LogP contribution < -0.4 is 0 Å². The summed E-state index contributed by atoms with van der Waals surface area (Å²) in [6.45, 7) is 0.0212. The van der Waals surface area contributed by atoms with Gasteiger partial charge in [0.15, 0.2) is 5.76 Å². The van der Waals surface area contributed by atoms with Crippen molar-refractivity contribution in [3.8, 4) is 0 Å². The average molecular weight is 423 g/mol. The van der Waals surface area contributed by atoms with Gasteiger partial charge in [-0.3, -0.25) is 4.79 Å². The minimum absolute atomic E-state index is 0.0681. The van der Waals surface area contributed by atoms with Crippen LogP contribution in [-0.4, -0.2) is 49.7 Å². The number of furan rings is 1. The molecule has 1 aliphatic rings. The zero-order chi connectivity index (χ0) is 19.8. The first-order valence-electron chi connectivity index (χ1n) is 7.80. The van der Waals surface area contributed by atoms with Gasteiger partial charge in [-0.25, -0.2) is 8.42 Å². The van der Waals surface area contributed by atoms with Crippen LogP contribution in [0.15, 0.2) is 45.9 Å². The maximum absolute atomic E-state index is 12.9. The number of benzene rings is 1. The Labute approximate surface area is 158 Å². The molecule has 0 bridgehead atoms. The van der Waals surface area contributed by atoms with Crippen molar-refractivity contribution in [3.05, 3.63) is 52.9 Å². The van der Waals surface area contributed by atoms with Crippen molar-refractivity contribution < 1.29 is 30.8 Å². The summed E-state index contributed by atoms with van der Waals surface area (Å²) in [5.41, 5.74) is -1.10. The molecule has 6 nitrogen and oxygen atoms in total. The van der Waals surface area contributed by atoms with E-state index in [2.05, 4.69) is 0 Å². The van der Waals surface area contributed by atoms with Gasteiger partial charge in [-0.05, 0) is 30.3 Å². The minimum Gasteiger partial charge on any atom is -0.459 e. The number of nitrogens with zero attached hydrogens (tertiary/aromatic N) is 2. The fraction of sp³-hybridized carbons (Fsp3) is 0.312. The van der Waals surface area contributed by atoms with E-state index in [4.69, 9.17) is 16.0 Å². The van der Waals surface area contributed by atoms with E-state index < -0.39 is 26.7 Å². The lowest BCUT2D eigenvalue weighted by atomic mass is 10.2. The highest BCUT2D eigenvalue weighted by molar-refractivity contribution is 7.89. The molecule has 0 N–H and O–H groups in total. The van der Waals surface area contributed by atoms with Crippen molar-refractivity contribution >= 4 is 27.5 Å². The predicted molar refractivity (Wildman–Crippen MR) is 89.8 cm³/mol. The van der Waals surface area contributed by atoms with E-state index in [9.17, 15) is 26.4 Å². The number of carbonyl (C=O) groups excluding carboxylic acids is 1. The van der Waals surface area contributed by atoms with Gasteiger partial charge in [0.1, 0.15) is 4.90 Å². The van der Waals surface area contributed by atoms with Gasteiger partial charge in [0.2, 0.25) is 10.0 Å². The molecule has 0 saturated carbocycles. The van der Waals surface area contributed by atoms with E-state index in [0.29, 0.717) is 6.07 Å². The molecule has 1 aromatic carbocycles. The molecule has 1 amide bonds. The molecular weight excluding hydrogens is 409 g/mol. The molecule has 0 aliphatic carbocycles. The first-order valence-corrected chi connectivity index (χ1v) is 9.62. The molecule has 1 aliphatic heterocycles. The highest BCUT2D eigenvalue weighted by Crippen LogP contribution is 2.34. The molecule has 1 fully saturated rings. The quantitative estimate of drug-likeness (QED) is 0.762. The monoisotopic (exact) mass is 422 g/mol. The van der Waals surface area contributed by atoms with Gasteiger partial charge >= 0.3 is 6.18 Å². The van der Waals surface area contributed by atoms with Gasteiger partial charge in [-0.15, -0.1) is 0 Å². The molecule has 0 unspecified atom stereocenters. The molecule has 3 rings (SSSR count). The second-order valence-electron chi connectivity index (χ2n) is 5.82. The fourth-order valence-corrected chi connectivity index (χ4v) is 4.63. The maximum atomic E-state index is 12.9. The number of sulfonamides is 1. The molecule has 0 atom stereocenters. The number of alkyl halides is 3. The first kappa shape index (κ1) is 19.7. The van der Waals surface area contributed by atoms with Crippen LogP contribution in [0.1, 0.15) is 16.1 Å². The van der Waals surface area contributed by atoms with Crippen molar-refractivity contribution in [3.63, 3.8) is 0 Å². The number of halogens is 4. The van der Waals surface area contributed by atoms with Gasteiger partial charge in [0.05, 0.1) is 16.8 Å². The van der Waals surface area contributed by atoms with Gasteiger partial charge < -0.3 is 9.32 Å². The van der Waals surface area contributed by atoms with E-state index in [0.717, 1.165) is 16.4 Å². The minimum atomic E-state index is -4.69. The molecule has 1 aromatic heterocycles. The van der Waals surface area contributed by atoms with Crippen molar-refractivity contribution in [2.75, 3.05) is 26.2 Å². The smallest absolute Gasteiger partial charge is 0.416 e. The second kappa shape index (κ2) is 7.17. The van der Waals surface area contributed by atoms with E-state index in [1.54, 1.807) is 6.07 Å². The summed E-state index contributed by atoms with van der Waals surface area (Å²) in [5.74, 6) is -0.249. The van der Waals surface area contributed by atoms with Crippen LogP contribution in [0.5, 0.6) is 0 Å². The Morgan fingerprint density at radius 3 is 2.33 bits per heavy atom. The Bertz CT molecular complexity index is 937. The number of piperazine rings is 1. The van der Waals surface area contributed by atoms with E-state index in [1.807, 2.05) is 0 Å². The van der Waals surface area contributed by atoms with Gasteiger partial charge in [-0.2, -0.15) is 17.5 Å². The highest BCUT2D eigenvalue weighted by Gasteiger charge is 2.36. The summed E-state index contributed by atoms with van der Waals surface area (Å²) >= 11 is 5.85. The number of amides is 1. The fourth-order valence-electron chi connectivity index (χ4n) is 2.70. The molecule has 0 spiro atoms. The Morgan fingerprint density at radius 1 is 1.11 bits per heavy atom.